The molecule has 3 heteroatoms. The Labute approximate surface area is 114 Å². The summed E-state index contributed by atoms with van der Waals surface area (Å²) < 4.78 is 0. The fourth-order valence-corrected chi connectivity index (χ4v) is 1.99. The Morgan fingerprint density at radius 3 is 2.68 bits per heavy atom. The predicted molar refractivity (Wildman–Crippen MR) is 78.5 cm³/mol. The average Bonchev–Trinajstić information content (AvgIpc) is 2.45. The van der Waals surface area contributed by atoms with Gasteiger partial charge in [0.25, 0.3) is 0 Å². The van der Waals surface area contributed by atoms with Gasteiger partial charge in [-0.05, 0) is 28.8 Å². The van der Waals surface area contributed by atoms with Crippen LogP contribution >= 0.6 is 0 Å². The third-order valence-electron chi connectivity index (χ3n) is 3.09. The molecule has 0 aliphatic heterocycles. The normalized spacial score (nSPS) is 10.6. The van der Waals surface area contributed by atoms with E-state index in [0.29, 0.717) is 13.0 Å². The van der Waals surface area contributed by atoms with Gasteiger partial charge in [0, 0.05) is 13.0 Å². The Kier molecular flexibility index (Phi) is 4.93. The highest BCUT2D eigenvalue weighted by Gasteiger charge is 2.00. The standard InChI is InChI=1S/C16H20N2O/c1-2-3-8-16(19)18-17-12-13-9-10-14-6-4-5-7-15(14)11-13/h4-7,9-11,17H,2-3,8,12H2,1H3,(H,18,19). The van der Waals surface area contributed by atoms with Crippen LogP contribution in [0.5, 0.6) is 0 Å². The molecule has 1 amide bonds. The van der Waals surface area contributed by atoms with Crippen LogP contribution in [0, 0.1) is 0 Å². The van der Waals surface area contributed by atoms with Gasteiger partial charge in [-0.15, -0.1) is 0 Å². The van der Waals surface area contributed by atoms with Gasteiger partial charge < -0.3 is 0 Å². The number of amides is 1. The van der Waals surface area contributed by atoms with Crippen molar-refractivity contribution in [2.45, 2.75) is 32.7 Å². The number of hydrogen-bond acceptors (Lipinski definition) is 2. The molecule has 0 atom stereocenters. The molecule has 0 aromatic heterocycles. The van der Waals surface area contributed by atoms with Gasteiger partial charge >= 0.3 is 0 Å². The summed E-state index contributed by atoms with van der Waals surface area (Å²) >= 11 is 0. The molecule has 0 fully saturated rings. The van der Waals surface area contributed by atoms with Crippen LogP contribution in [0.4, 0.5) is 0 Å². The van der Waals surface area contributed by atoms with Crippen molar-refractivity contribution in [3.63, 3.8) is 0 Å². The van der Waals surface area contributed by atoms with Crippen molar-refractivity contribution in [1.29, 1.82) is 0 Å². The van der Waals surface area contributed by atoms with Crippen LogP contribution in [0.15, 0.2) is 42.5 Å². The van der Waals surface area contributed by atoms with Gasteiger partial charge in [0.15, 0.2) is 0 Å². The molecule has 3 nitrogen and oxygen atoms in total. The number of carbonyl (C=O) groups excluding carboxylic acids is 1. The number of rotatable bonds is 6. The second kappa shape index (κ2) is 6.90. The molecule has 0 heterocycles. The van der Waals surface area contributed by atoms with E-state index in [1.54, 1.807) is 0 Å². The summed E-state index contributed by atoms with van der Waals surface area (Å²) in [6.45, 7) is 2.72. The summed E-state index contributed by atoms with van der Waals surface area (Å²) in [7, 11) is 0. The molecule has 2 aromatic rings. The molecule has 2 aromatic carbocycles. The third-order valence-corrected chi connectivity index (χ3v) is 3.09. The maximum atomic E-state index is 11.4. The van der Waals surface area contributed by atoms with Crippen LogP contribution in [0.2, 0.25) is 0 Å². The van der Waals surface area contributed by atoms with Crippen molar-refractivity contribution in [3.05, 3.63) is 48.0 Å². The third kappa shape index (κ3) is 4.07. The number of nitrogens with one attached hydrogen (secondary N) is 2. The van der Waals surface area contributed by atoms with Gasteiger partial charge in [-0.2, -0.15) is 0 Å². The van der Waals surface area contributed by atoms with Crippen LogP contribution in [-0.2, 0) is 11.3 Å². The van der Waals surface area contributed by atoms with E-state index in [9.17, 15) is 4.79 Å². The number of benzene rings is 2. The minimum atomic E-state index is 0.0580. The van der Waals surface area contributed by atoms with Crippen LogP contribution in [0.3, 0.4) is 0 Å². The minimum Gasteiger partial charge on any atom is -0.291 e. The molecule has 0 aliphatic carbocycles. The van der Waals surface area contributed by atoms with E-state index in [1.807, 2.05) is 12.1 Å². The molecule has 0 spiro atoms. The molecule has 19 heavy (non-hydrogen) atoms. The molecule has 100 valence electrons. The Morgan fingerprint density at radius 2 is 1.89 bits per heavy atom. The first-order chi connectivity index (χ1) is 9.29. The smallest absolute Gasteiger partial charge is 0.234 e. The highest BCUT2D eigenvalue weighted by molar-refractivity contribution is 5.83. The molecule has 2 rings (SSSR count). The van der Waals surface area contributed by atoms with Crippen molar-refractivity contribution in [3.8, 4) is 0 Å². The fourth-order valence-electron chi connectivity index (χ4n) is 1.99. The van der Waals surface area contributed by atoms with Gasteiger partial charge in [-0.25, -0.2) is 5.43 Å². The van der Waals surface area contributed by atoms with E-state index in [4.69, 9.17) is 0 Å². The van der Waals surface area contributed by atoms with Crippen LogP contribution in [0.25, 0.3) is 10.8 Å². The number of hydrazine groups is 1. The Balaban J connectivity index is 1.86. The van der Waals surface area contributed by atoms with Gasteiger partial charge in [0.05, 0.1) is 0 Å². The summed E-state index contributed by atoms with van der Waals surface area (Å²) in [4.78, 5) is 11.4. The lowest BCUT2D eigenvalue weighted by molar-refractivity contribution is -0.122. The second-order valence-corrected chi connectivity index (χ2v) is 4.69. The first kappa shape index (κ1) is 13.6. The zero-order chi connectivity index (χ0) is 13.5. The number of hydrogen-bond donors (Lipinski definition) is 2. The summed E-state index contributed by atoms with van der Waals surface area (Å²) in [5.74, 6) is 0.0580. The second-order valence-electron chi connectivity index (χ2n) is 4.69. The summed E-state index contributed by atoms with van der Waals surface area (Å²) in [6, 6.07) is 14.6. The van der Waals surface area contributed by atoms with Crippen molar-refractivity contribution in [2.24, 2.45) is 0 Å². The first-order valence-electron chi connectivity index (χ1n) is 6.79. The molecule has 0 bridgehead atoms. The van der Waals surface area contributed by atoms with E-state index in [1.165, 1.54) is 10.8 Å². The fraction of sp³-hybridized carbons (Fsp3) is 0.312. The van der Waals surface area contributed by atoms with E-state index in [-0.39, 0.29) is 5.91 Å². The van der Waals surface area contributed by atoms with Gasteiger partial charge in [0.2, 0.25) is 5.91 Å². The lowest BCUT2D eigenvalue weighted by atomic mass is 10.1. The molecule has 0 unspecified atom stereocenters. The molecular weight excluding hydrogens is 236 g/mol. The van der Waals surface area contributed by atoms with Crippen molar-refractivity contribution in [2.75, 3.05) is 0 Å². The topological polar surface area (TPSA) is 41.1 Å². The van der Waals surface area contributed by atoms with Crippen molar-refractivity contribution < 1.29 is 4.79 Å². The lowest BCUT2D eigenvalue weighted by Crippen LogP contribution is -2.36. The monoisotopic (exact) mass is 256 g/mol. The van der Waals surface area contributed by atoms with Crippen molar-refractivity contribution >= 4 is 16.7 Å². The van der Waals surface area contributed by atoms with Crippen molar-refractivity contribution in [1.82, 2.24) is 10.9 Å². The lowest BCUT2D eigenvalue weighted by Gasteiger charge is -2.08. The minimum absolute atomic E-state index is 0.0580. The molecule has 0 radical (unpaired) electrons. The van der Waals surface area contributed by atoms with Crippen LogP contribution < -0.4 is 10.9 Å². The number of fused-ring (bicyclic) bond motifs is 1. The molecule has 0 saturated carbocycles. The first-order valence-corrected chi connectivity index (χ1v) is 6.79. The quantitative estimate of drug-likeness (QED) is 0.779. The van der Waals surface area contributed by atoms with Gasteiger partial charge in [-0.1, -0.05) is 49.7 Å². The maximum Gasteiger partial charge on any atom is 0.234 e. The average molecular weight is 256 g/mol. The highest BCUT2D eigenvalue weighted by Crippen LogP contribution is 2.15. The Hall–Kier alpha value is -1.87. The SMILES string of the molecule is CCCCC(=O)NNCc1ccc2ccccc2c1. The zero-order valence-corrected chi connectivity index (χ0v) is 11.3. The number of unbranched alkanes of at least 4 members (excludes halogenated alkanes) is 1. The zero-order valence-electron chi connectivity index (χ0n) is 11.3. The van der Waals surface area contributed by atoms with E-state index in [2.05, 4.69) is 48.1 Å². The molecule has 2 N–H and O–H groups in total. The summed E-state index contributed by atoms with van der Waals surface area (Å²) in [5.41, 5.74) is 6.86. The molecule has 0 saturated heterocycles. The number of carbonyl (C=O) groups is 1. The Bertz CT molecular complexity index is 551. The van der Waals surface area contributed by atoms with Crippen LogP contribution in [-0.4, -0.2) is 5.91 Å². The van der Waals surface area contributed by atoms with E-state index < -0.39 is 0 Å². The predicted octanol–water partition coefficient (Wildman–Crippen LogP) is 3.15. The summed E-state index contributed by atoms with van der Waals surface area (Å²) in [6.07, 6.45) is 2.56. The summed E-state index contributed by atoms with van der Waals surface area (Å²) in [5, 5.41) is 2.46. The Morgan fingerprint density at radius 1 is 1.11 bits per heavy atom. The van der Waals surface area contributed by atoms with E-state index >= 15 is 0 Å². The highest BCUT2D eigenvalue weighted by atomic mass is 16.2. The van der Waals surface area contributed by atoms with Gasteiger partial charge in [-0.3, -0.25) is 10.2 Å². The van der Waals surface area contributed by atoms with E-state index in [0.717, 1.165) is 18.4 Å². The largest absolute Gasteiger partial charge is 0.291 e. The van der Waals surface area contributed by atoms with Crippen LogP contribution in [0.1, 0.15) is 31.7 Å². The van der Waals surface area contributed by atoms with Gasteiger partial charge in [0.1, 0.15) is 0 Å². The maximum absolute atomic E-state index is 11.4. The molecule has 0 aliphatic rings. The molecular formula is C16H20N2O.